The number of hydrogen-bond acceptors (Lipinski definition) is 5. The zero-order chi connectivity index (χ0) is 12.5. The predicted molar refractivity (Wildman–Crippen MR) is 58.6 cm³/mol. The van der Waals surface area contributed by atoms with E-state index >= 15 is 0 Å². The molecule has 0 bridgehead atoms. The van der Waals surface area contributed by atoms with Crippen molar-refractivity contribution in [1.82, 2.24) is 10.5 Å². The van der Waals surface area contributed by atoms with E-state index in [1.54, 1.807) is 19.9 Å². The molecule has 1 fully saturated rings. The molecule has 1 saturated heterocycles. The van der Waals surface area contributed by atoms with Crippen LogP contribution in [0.15, 0.2) is 10.6 Å². The molecule has 1 amide bonds. The van der Waals surface area contributed by atoms with Gasteiger partial charge in [-0.05, 0) is 13.8 Å². The van der Waals surface area contributed by atoms with Gasteiger partial charge in [-0.2, -0.15) is 0 Å². The molecule has 1 aliphatic heterocycles. The minimum absolute atomic E-state index is 0.146. The van der Waals surface area contributed by atoms with Crippen molar-refractivity contribution in [2.24, 2.45) is 0 Å². The topological polar surface area (TPSA) is 84.6 Å². The second-order valence-electron chi connectivity index (χ2n) is 4.38. The van der Waals surface area contributed by atoms with Gasteiger partial charge in [0.1, 0.15) is 5.60 Å². The molecule has 6 nitrogen and oxygen atoms in total. The summed E-state index contributed by atoms with van der Waals surface area (Å²) in [7, 11) is 0. The predicted octanol–water partition coefficient (Wildman–Crippen LogP) is 0.253. The van der Waals surface area contributed by atoms with Gasteiger partial charge < -0.3 is 19.7 Å². The van der Waals surface area contributed by atoms with E-state index in [-0.39, 0.29) is 24.3 Å². The molecule has 0 saturated carbocycles. The Labute approximate surface area is 98.9 Å². The molecule has 6 heteroatoms. The molecule has 0 aromatic carbocycles. The summed E-state index contributed by atoms with van der Waals surface area (Å²) in [6.07, 6.45) is 0.239. The van der Waals surface area contributed by atoms with Gasteiger partial charge in [0.15, 0.2) is 0 Å². The molecular weight excluding hydrogens is 224 g/mol. The lowest BCUT2D eigenvalue weighted by atomic mass is 9.97. The largest absolute Gasteiger partial charge is 0.385 e. The van der Waals surface area contributed by atoms with Gasteiger partial charge >= 0.3 is 0 Å². The van der Waals surface area contributed by atoms with Crippen LogP contribution in [0.2, 0.25) is 0 Å². The van der Waals surface area contributed by atoms with Crippen LogP contribution in [-0.2, 0) is 4.74 Å². The number of nitrogens with one attached hydrogen (secondary N) is 1. The molecule has 2 heterocycles. The Bertz CT molecular complexity index is 417. The summed E-state index contributed by atoms with van der Waals surface area (Å²) in [5.74, 6) is -0.226. The zero-order valence-electron chi connectivity index (χ0n) is 9.90. The van der Waals surface area contributed by atoms with Gasteiger partial charge in [-0.1, -0.05) is 5.16 Å². The van der Waals surface area contributed by atoms with Crippen LogP contribution in [-0.4, -0.2) is 41.0 Å². The van der Waals surface area contributed by atoms with E-state index in [9.17, 15) is 9.90 Å². The standard InChI is InChI=1S/C11H16N2O4/c1-7-5-9(17-13-7)10(14)12-6-11(15)3-4-16-8(11)2/h5,8,15H,3-4,6H2,1-2H3,(H,12,14). The van der Waals surface area contributed by atoms with E-state index in [1.165, 1.54) is 0 Å². The SMILES string of the molecule is Cc1cc(C(=O)NCC2(O)CCOC2C)on1. The van der Waals surface area contributed by atoms with Gasteiger partial charge in [-0.15, -0.1) is 0 Å². The molecule has 17 heavy (non-hydrogen) atoms. The number of hydrogen-bond donors (Lipinski definition) is 2. The van der Waals surface area contributed by atoms with E-state index in [0.29, 0.717) is 18.7 Å². The monoisotopic (exact) mass is 240 g/mol. The third-order valence-electron chi connectivity index (χ3n) is 3.07. The van der Waals surface area contributed by atoms with Crippen LogP contribution in [0.25, 0.3) is 0 Å². The average molecular weight is 240 g/mol. The minimum Gasteiger partial charge on any atom is -0.385 e. The van der Waals surface area contributed by atoms with Gasteiger partial charge in [-0.25, -0.2) is 0 Å². The first-order valence-corrected chi connectivity index (χ1v) is 5.57. The molecule has 0 radical (unpaired) electrons. The number of aliphatic hydroxyl groups is 1. The average Bonchev–Trinajstić information content (AvgIpc) is 2.84. The summed E-state index contributed by atoms with van der Waals surface area (Å²) >= 11 is 0. The summed E-state index contributed by atoms with van der Waals surface area (Å²) in [5, 5.41) is 16.4. The van der Waals surface area contributed by atoms with Crippen LogP contribution >= 0.6 is 0 Å². The maximum Gasteiger partial charge on any atom is 0.290 e. The maximum atomic E-state index is 11.7. The zero-order valence-corrected chi connectivity index (χ0v) is 9.90. The highest BCUT2D eigenvalue weighted by molar-refractivity contribution is 5.91. The fourth-order valence-corrected chi connectivity index (χ4v) is 1.79. The Balaban J connectivity index is 1.92. The molecule has 1 aromatic rings. The van der Waals surface area contributed by atoms with E-state index < -0.39 is 5.60 Å². The van der Waals surface area contributed by atoms with E-state index in [0.717, 1.165) is 0 Å². The summed E-state index contributed by atoms with van der Waals surface area (Å²) < 4.78 is 10.1. The molecule has 2 rings (SSSR count). The fourth-order valence-electron chi connectivity index (χ4n) is 1.79. The van der Waals surface area contributed by atoms with Crippen molar-refractivity contribution in [1.29, 1.82) is 0 Å². The first-order valence-electron chi connectivity index (χ1n) is 5.57. The Hall–Kier alpha value is -1.40. The van der Waals surface area contributed by atoms with Crippen LogP contribution in [0.1, 0.15) is 29.6 Å². The van der Waals surface area contributed by atoms with E-state index in [4.69, 9.17) is 9.26 Å². The Kier molecular flexibility index (Phi) is 3.17. The van der Waals surface area contributed by atoms with Crippen molar-refractivity contribution in [3.05, 3.63) is 17.5 Å². The first kappa shape index (κ1) is 12.1. The molecular formula is C11H16N2O4. The van der Waals surface area contributed by atoms with Crippen LogP contribution in [0.3, 0.4) is 0 Å². The summed E-state index contributed by atoms with van der Waals surface area (Å²) in [5.41, 5.74) is -0.350. The highest BCUT2D eigenvalue weighted by Crippen LogP contribution is 2.24. The number of aromatic nitrogens is 1. The maximum absolute atomic E-state index is 11.7. The quantitative estimate of drug-likeness (QED) is 0.791. The van der Waals surface area contributed by atoms with Crippen molar-refractivity contribution in [3.63, 3.8) is 0 Å². The van der Waals surface area contributed by atoms with Crippen molar-refractivity contribution in [3.8, 4) is 0 Å². The van der Waals surface area contributed by atoms with Crippen molar-refractivity contribution >= 4 is 5.91 Å². The smallest absolute Gasteiger partial charge is 0.290 e. The number of aryl methyl sites for hydroxylation is 1. The first-order chi connectivity index (χ1) is 8.01. The van der Waals surface area contributed by atoms with E-state index in [2.05, 4.69) is 10.5 Å². The van der Waals surface area contributed by atoms with Crippen LogP contribution in [0.4, 0.5) is 0 Å². The number of rotatable bonds is 3. The molecule has 2 atom stereocenters. The van der Waals surface area contributed by atoms with E-state index in [1.807, 2.05) is 0 Å². The summed E-state index contributed by atoms with van der Waals surface area (Å²) in [6, 6.07) is 1.55. The Morgan fingerprint density at radius 2 is 2.53 bits per heavy atom. The Morgan fingerprint density at radius 1 is 1.76 bits per heavy atom. The lowest BCUT2D eigenvalue weighted by molar-refractivity contribution is -0.0253. The number of carbonyl (C=O) groups is 1. The second-order valence-corrected chi connectivity index (χ2v) is 4.38. The lowest BCUT2D eigenvalue weighted by Gasteiger charge is -2.25. The Morgan fingerprint density at radius 3 is 3.06 bits per heavy atom. The number of carbonyl (C=O) groups excluding carboxylic acids is 1. The van der Waals surface area contributed by atoms with Crippen molar-refractivity contribution < 1.29 is 19.2 Å². The molecule has 2 N–H and O–H groups in total. The molecule has 0 spiro atoms. The summed E-state index contributed by atoms with van der Waals surface area (Å²) in [6.45, 7) is 4.18. The highest BCUT2D eigenvalue weighted by Gasteiger charge is 2.39. The molecule has 0 aliphatic carbocycles. The number of ether oxygens (including phenoxy) is 1. The minimum atomic E-state index is -0.995. The molecule has 1 aromatic heterocycles. The van der Waals surface area contributed by atoms with Crippen LogP contribution in [0, 0.1) is 6.92 Å². The lowest BCUT2D eigenvalue weighted by Crippen LogP contribution is -2.47. The second kappa shape index (κ2) is 4.46. The molecule has 1 aliphatic rings. The van der Waals surface area contributed by atoms with Crippen LogP contribution in [0.5, 0.6) is 0 Å². The number of nitrogens with zero attached hydrogens (tertiary/aromatic N) is 1. The van der Waals surface area contributed by atoms with Crippen molar-refractivity contribution in [2.45, 2.75) is 32.0 Å². The van der Waals surface area contributed by atoms with Gasteiger partial charge in [0.05, 0.1) is 11.8 Å². The fraction of sp³-hybridized carbons (Fsp3) is 0.636. The van der Waals surface area contributed by atoms with Gasteiger partial charge in [0, 0.05) is 25.6 Å². The summed E-state index contributed by atoms with van der Waals surface area (Å²) in [4.78, 5) is 11.7. The van der Waals surface area contributed by atoms with Gasteiger partial charge in [-0.3, -0.25) is 4.79 Å². The van der Waals surface area contributed by atoms with Crippen LogP contribution < -0.4 is 5.32 Å². The van der Waals surface area contributed by atoms with Gasteiger partial charge in [0.25, 0.3) is 5.91 Å². The van der Waals surface area contributed by atoms with Crippen molar-refractivity contribution in [2.75, 3.05) is 13.2 Å². The number of amides is 1. The normalized spacial score (nSPS) is 28.3. The third kappa shape index (κ3) is 2.48. The molecule has 94 valence electrons. The van der Waals surface area contributed by atoms with Gasteiger partial charge in [0.2, 0.25) is 5.76 Å². The molecule has 2 unspecified atom stereocenters. The highest BCUT2D eigenvalue weighted by atomic mass is 16.5. The third-order valence-corrected chi connectivity index (χ3v) is 3.07.